The molecule has 8 nitrogen and oxygen atoms in total. The summed E-state index contributed by atoms with van der Waals surface area (Å²) in [6.07, 6.45) is 0.796. The molecule has 2 heterocycles. The van der Waals surface area contributed by atoms with Crippen molar-refractivity contribution in [3.05, 3.63) is 54.2 Å². The van der Waals surface area contributed by atoms with E-state index in [1.165, 1.54) is 0 Å². The number of hydrogen-bond acceptors (Lipinski definition) is 7. The maximum absolute atomic E-state index is 5.28. The van der Waals surface area contributed by atoms with Crippen molar-refractivity contribution in [1.29, 1.82) is 0 Å². The summed E-state index contributed by atoms with van der Waals surface area (Å²) >= 11 is 0. The van der Waals surface area contributed by atoms with Crippen LogP contribution >= 0.6 is 0 Å². The van der Waals surface area contributed by atoms with Gasteiger partial charge in [-0.25, -0.2) is 0 Å². The Bertz CT molecular complexity index is 1150. The van der Waals surface area contributed by atoms with E-state index in [-0.39, 0.29) is 0 Å². The van der Waals surface area contributed by atoms with Crippen LogP contribution in [0.3, 0.4) is 0 Å². The highest BCUT2D eigenvalue weighted by Gasteiger charge is 2.16. The molecule has 0 aliphatic rings. The number of ether oxygens (including phenoxy) is 3. The molecule has 0 fully saturated rings. The van der Waals surface area contributed by atoms with Crippen molar-refractivity contribution in [2.45, 2.75) is 6.42 Å². The van der Waals surface area contributed by atoms with Gasteiger partial charge in [0.15, 0.2) is 11.5 Å². The van der Waals surface area contributed by atoms with Crippen LogP contribution in [0.2, 0.25) is 0 Å². The van der Waals surface area contributed by atoms with Crippen LogP contribution in [0.15, 0.2) is 48.5 Å². The number of benzene rings is 2. The molecule has 0 N–H and O–H groups in total. The minimum atomic E-state index is 0.685. The van der Waals surface area contributed by atoms with Gasteiger partial charge in [0.1, 0.15) is 5.75 Å². The lowest BCUT2D eigenvalue weighted by Crippen LogP contribution is -2.32. The molecule has 0 aliphatic carbocycles. The van der Waals surface area contributed by atoms with Crippen molar-refractivity contribution >= 4 is 16.4 Å². The van der Waals surface area contributed by atoms with Crippen LogP contribution in [0.5, 0.6) is 5.75 Å². The molecule has 2 aromatic carbocycles. The Labute approximate surface area is 187 Å². The summed E-state index contributed by atoms with van der Waals surface area (Å²) in [4.78, 5) is 2.34. The number of methoxy groups -OCH3 is 3. The first-order chi connectivity index (χ1) is 15.7. The SMILES string of the molecule is COCCN(CCOC)CCc1nn2c(-c3ccc(OC)cc3)nnc2c2ccccc12. The largest absolute Gasteiger partial charge is 0.497 e. The number of fused-ring (bicyclic) bond motifs is 3. The molecule has 0 spiro atoms. The second-order valence-electron chi connectivity index (χ2n) is 7.56. The second kappa shape index (κ2) is 10.5. The monoisotopic (exact) mass is 435 g/mol. The average Bonchev–Trinajstić information content (AvgIpc) is 3.27. The van der Waals surface area contributed by atoms with E-state index in [4.69, 9.17) is 19.3 Å². The van der Waals surface area contributed by atoms with E-state index in [1.54, 1.807) is 21.3 Å². The molecule has 0 bridgehead atoms. The first kappa shape index (κ1) is 22.1. The Kier molecular flexibility index (Phi) is 7.26. The Balaban J connectivity index is 1.70. The fraction of sp³-hybridized carbons (Fsp3) is 0.375. The predicted octanol–water partition coefficient (Wildman–Crippen LogP) is 3.09. The van der Waals surface area contributed by atoms with Crippen LogP contribution in [0.1, 0.15) is 5.69 Å². The lowest BCUT2D eigenvalue weighted by atomic mass is 10.1. The van der Waals surface area contributed by atoms with Gasteiger partial charge in [-0.2, -0.15) is 9.61 Å². The number of hydrogen-bond donors (Lipinski definition) is 0. The molecule has 4 aromatic rings. The minimum Gasteiger partial charge on any atom is -0.497 e. The Morgan fingerprint density at radius 1 is 0.812 bits per heavy atom. The maximum Gasteiger partial charge on any atom is 0.186 e. The lowest BCUT2D eigenvalue weighted by molar-refractivity contribution is 0.114. The molecule has 0 radical (unpaired) electrons. The van der Waals surface area contributed by atoms with Gasteiger partial charge in [-0.05, 0) is 24.3 Å². The molecular formula is C24H29N5O3. The summed E-state index contributed by atoms with van der Waals surface area (Å²) in [6.45, 7) is 3.93. The molecule has 0 amide bonds. The van der Waals surface area contributed by atoms with E-state index >= 15 is 0 Å². The molecule has 0 saturated heterocycles. The number of rotatable bonds is 11. The molecule has 4 rings (SSSR count). The van der Waals surface area contributed by atoms with Gasteiger partial charge in [-0.3, -0.25) is 4.90 Å². The van der Waals surface area contributed by atoms with Crippen molar-refractivity contribution in [1.82, 2.24) is 24.7 Å². The van der Waals surface area contributed by atoms with E-state index in [0.717, 1.165) is 59.5 Å². The normalized spacial score (nSPS) is 11.6. The summed E-state index contributed by atoms with van der Waals surface area (Å²) in [5.41, 5.74) is 2.71. The third-order valence-corrected chi connectivity index (χ3v) is 5.58. The molecule has 32 heavy (non-hydrogen) atoms. The van der Waals surface area contributed by atoms with Gasteiger partial charge in [-0.1, -0.05) is 24.3 Å². The van der Waals surface area contributed by atoms with Gasteiger partial charge in [0.05, 0.1) is 26.0 Å². The molecule has 0 aliphatic heterocycles. The zero-order valence-corrected chi connectivity index (χ0v) is 18.8. The minimum absolute atomic E-state index is 0.685. The molecule has 2 aromatic heterocycles. The van der Waals surface area contributed by atoms with E-state index in [9.17, 15) is 0 Å². The standard InChI is InChI=1S/C24H29N5O3/c1-30-16-14-28(15-17-31-2)13-12-22-20-6-4-5-7-21(20)24-26-25-23(29(24)27-22)18-8-10-19(32-3)11-9-18/h4-11H,12-17H2,1-3H3. The van der Waals surface area contributed by atoms with Gasteiger partial charge in [0.25, 0.3) is 0 Å². The van der Waals surface area contributed by atoms with Crippen LogP contribution in [0.4, 0.5) is 0 Å². The molecule has 0 saturated carbocycles. The first-order valence-corrected chi connectivity index (χ1v) is 10.7. The van der Waals surface area contributed by atoms with Crippen molar-refractivity contribution in [2.24, 2.45) is 0 Å². The summed E-state index contributed by atoms with van der Waals surface area (Å²) in [5, 5.41) is 16.0. The third kappa shape index (κ3) is 4.72. The van der Waals surface area contributed by atoms with E-state index < -0.39 is 0 Å². The van der Waals surface area contributed by atoms with E-state index in [0.29, 0.717) is 19.0 Å². The first-order valence-electron chi connectivity index (χ1n) is 10.7. The fourth-order valence-corrected chi connectivity index (χ4v) is 3.79. The predicted molar refractivity (Wildman–Crippen MR) is 124 cm³/mol. The van der Waals surface area contributed by atoms with Gasteiger partial charge in [0.2, 0.25) is 0 Å². The van der Waals surface area contributed by atoms with Gasteiger partial charge in [0, 0.05) is 56.6 Å². The summed E-state index contributed by atoms with van der Waals surface area (Å²) in [7, 11) is 5.11. The van der Waals surface area contributed by atoms with Crippen LogP contribution in [-0.4, -0.2) is 78.9 Å². The van der Waals surface area contributed by atoms with Crippen molar-refractivity contribution in [3.63, 3.8) is 0 Å². The highest BCUT2D eigenvalue weighted by molar-refractivity contribution is 5.95. The molecule has 0 unspecified atom stereocenters. The number of nitrogens with zero attached hydrogens (tertiary/aromatic N) is 5. The Hall–Kier alpha value is -3.07. The maximum atomic E-state index is 5.28. The molecule has 8 heteroatoms. The molecule has 168 valence electrons. The zero-order chi connectivity index (χ0) is 22.3. The van der Waals surface area contributed by atoms with Crippen LogP contribution in [0, 0.1) is 0 Å². The van der Waals surface area contributed by atoms with Crippen molar-refractivity contribution in [3.8, 4) is 17.1 Å². The summed E-state index contributed by atoms with van der Waals surface area (Å²) in [5.74, 6) is 1.51. The third-order valence-electron chi connectivity index (χ3n) is 5.58. The summed E-state index contributed by atoms with van der Waals surface area (Å²) < 4.78 is 17.7. The van der Waals surface area contributed by atoms with Gasteiger partial charge >= 0.3 is 0 Å². The molecular weight excluding hydrogens is 406 g/mol. The van der Waals surface area contributed by atoms with Gasteiger partial charge in [-0.15, -0.1) is 10.2 Å². The lowest BCUT2D eigenvalue weighted by Gasteiger charge is -2.21. The van der Waals surface area contributed by atoms with Crippen molar-refractivity contribution < 1.29 is 14.2 Å². The zero-order valence-electron chi connectivity index (χ0n) is 18.8. The summed E-state index contributed by atoms with van der Waals surface area (Å²) in [6, 6.07) is 16.0. The highest BCUT2D eigenvalue weighted by Crippen LogP contribution is 2.26. The Morgan fingerprint density at radius 3 is 2.16 bits per heavy atom. The van der Waals surface area contributed by atoms with Gasteiger partial charge < -0.3 is 14.2 Å². The van der Waals surface area contributed by atoms with E-state index in [1.807, 2.05) is 40.9 Å². The Morgan fingerprint density at radius 2 is 1.50 bits per heavy atom. The average molecular weight is 436 g/mol. The quantitative estimate of drug-likeness (QED) is 0.358. The van der Waals surface area contributed by atoms with E-state index in [2.05, 4.69) is 27.2 Å². The topological polar surface area (TPSA) is 74.0 Å². The molecule has 0 atom stereocenters. The van der Waals surface area contributed by atoms with Crippen LogP contribution < -0.4 is 4.74 Å². The highest BCUT2D eigenvalue weighted by atomic mass is 16.5. The fourth-order valence-electron chi connectivity index (χ4n) is 3.79. The van der Waals surface area contributed by atoms with Crippen LogP contribution in [-0.2, 0) is 15.9 Å². The second-order valence-corrected chi connectivity index (χ2v) is 7.56. The van der Waals surface area contributed by atoms with Crippen LogP contribution in [0.25, 0.3) is 27.8 Å². The smallest absolute Gasteiger partial charge is 0.186 e. The van der Waals surface area contributed by atoms with Crippen molar-refractivity contribution in [2.75, 3.05) is 54.2 Å². The number of aromatic nitrogens is 4.